The molecule has 1 N–H and O–H groups in total. The second kappa shape index (κ2) is 9.34. The Kier molecular flexibility index (Phi) is 6.85. The fourth-order valence-corrected chi connectivity index (χ4v) is 2.73. The fourth-order valence-electron chi connectivity index (χ4n) is 2.60. The van der Waals surface area contributed by atoms with Crippen molar-refractivity contribution < 1.29 is 23.7 Å². The number of rotatable bonds is 7. The molecule has 0 spiro atoms. The summed E-state index contributed by atoms with van der Waals surface area (Å²) in [6.07, 6.45) is 1.04. The Balaban J connectivity index is 1.53. The number of pyridine rings is 1. The molecule has 1 fully saturated rings. The van der Waals surface area contributed by atoms with Gasteiger partial charge in [0.1, 0.15) is 6.61 Å². The molecule has 1 aliphatic heterocycles. The minimum atomic E-state index is -0.809. The second-order valence-corrected chi connectivity index (χ2v) is 7.18. The quantitative estimate of drug-likeness (QED) is 0.709. The molecular formula is C20H23ClN2O5. The molecule has 0 unspecified atom stereocenters. The zero-order valence-electron chi connectivity index (χ0n) is 15.8. The van der Waals surface area contributed by atoms with E-state index in [2.05, 4.69) is 10.3 Å². The molecule has 150 valence electrons. The Bertz CT molecular complexity index is 774. The van der Waals surface area contributed by atoms with Gasteiger partial charge in [-0.25, -0.2) is 4.98 Å². The molecule has 0 bridgehead atoms. The van der Waals surface area contributed by atoms with E-state index < -0.39 is 11.7 Å². The van der Waals surface area contributed by atoms with Crippen molar-refractivity contribution in [3.8, 4) is 5.88 Å². The Hall–Kier alpha value is -2.19. The Morgan fingerprint density at radius 3 is 2.54 bits per heavy atom. The number of hydrogen-bond donors (Lipinski definition) is 1. The third kappa shape index (κ3) is 5.20. The molecule has 0 saturated carbocycles. The molecule has 2 heterocycles. The number of methoxy groups -OCH3 is 1. The van der Waals surface area contributed by atoms with Crippen LogP contribution in [0.25, 0.3) is 0 Å². The first-order chi connectivity index (χ1) is 13.5. The van der Waals surface area contributed by atoms with Crippen LogP contribution in [0.3, 0.4) is 0 Å². The summed E-state index contributed by atoms with van der Waals surface area (Å²) in [5.74, 6) is 0.272. The minimum Gasteiger partial charge on any atom is -0.475 e. The van der Waals surface area contributed by atoms with Crippen LogP contribution in [-0.4, -0.2) is 44.4 Å². The van der Waals surface area contributed by atoms with E-state index in [0.29, 0.717) is 29.8 Å². The van der Waals surface area contributed by atoms with Crippen molar-refractivity contribution in [1.29, 1.82) is 0 Å². The first-order valence-corrected chi connectivity index (χ1v) is 9.26. The SMILES string of the molecule is COCCOc1ccc(NC(=O)C2(C)COC(c3ccc(Cl)cc3)OC2)cn1. The van der Waals surface area contributed by atoms with Crippen LogP contribution in [-0.2, 0) is 19.0 Å². The van der Waals surface area contributed by atoms with E-state index in [1.54, 1.807) is 44.5 Å². The topological polar surface area (TPSA) is 78.9 Å². The summed E-state index contributed by atoms with van der Waals surface area (Å²) >= 11 is 5.90. The molecule has 1 aromatic carbocycles. The number of benzene rings is 1. The van der Waals surface area contributed by atoms with Gasteiger partial charge in [-0.15, -0.1) is 0 Å². The molecule has 7 nitrogen and oxygen atoms in total. The minimum absolute atomic E-state index is 0.197. The first kappa shape index (κ1) is 20.5. The maximum Gasteiger partial charge on any atom is 0.235 e. The summed E-state index contributed by atoms with van der Waals surface area (Å²) in [6, 6.07) is 10.7. The van der Waals surface area contributed by atoms with Crippen molar-refractivity contribution >= 4 is 23.2 Å². The van der Waals surface area contributed by atoms with Crippen molar-refractivity contribution in [2.75, 3.05) is 38.9 Å². The van der Waals surface area contributed by atoms with Gasteiger partial charge in [-0.05, 0) is 25.1 Å². The number of amides is 1. The van der Waals surface area contributed by atoms with Gasteiger partial charge in [-0.1, -0.05) is 23.7 Å². The van der Waals surface area contributed by atoms with Crippen LogP contribution in [0.15, 0.2) is 42.6 Å². The standard InChI is InChI=1S/C20H23ClN2O5/c1-20(12-27-18(28-13-20)14-3-5-15(21)6-4-14)19(24)23-16-7-8-17(22-11-16)26-10-9-25-2/h3-8,11,18H,9-10,12-13H2,1-2H3,(H,23,24). The van der Waals surface area contributed by atoms with Gasteiger partial charge in [0.15, 0.2) is 6.29 Å². The highest BCUT2D eigenvalue weighted by molar-refractivity contribution is 6.30. The zero-order chi connectivity index (χ0) is 20.0. The normalized spacial score (nSPS) is 21.9. The van der Waals surface area contributed by atoms with Crippen molar-refractivity contribution in [2.45, 2.75) is 13.2 Å². The summed E-state index contributed by atoms with van der Waals surface area (Å²) in [7, 11) is 1.60. The van der Waals surface area contributed by atoms with Crippen LogP contribution in [0, 0.1) is 5.41 Å². The van der Waals surface area contributed by atoms with Gasteiger partial charge in [-0.3, -0.25) is 4.79 Å². The highest BCUT2D eigenvalue weighted by atomic mass is 35.5. The van der Waals surface area contributed by atoms with E-state index in [4.69, 9.17) is 30.5 Å². The average Bonchev–Trinajstić information content (AvgIpc) is 2.71. The van der Waals surface area contributed by atoms with E-state index >= 15 is 0 Å². The lowest BCUT2D eigenvalue weighted by Crippen LogP contribution is -2.45. The molecule has 0 atom stereocenters. The molecule has 28 heavy (non-hydrogen) atoms. The molecular weight excluding hydrogens is 384 g/mol. The van der Waals surface area contributed by atoms with Gasteiger partial charge >= 0.3 is 0 Å². The fraction of sp³-hybridized carbons (Fsp3) is 0.400. The predicted octanol–water partition coefficient (Wildman–Crippen LogP) is 3.45. The van der Waals surface area contributed by atoms with Gasteiger partial charge in [0.2, 0.25) is 11.8 Å². The number of ether oxygens (including phenoxy) is 4. The number of anilines is 1. The number of carbonyl (C=O) groups excluding carboxylic acids is 1. The maximum absolute atomic E-state index is 12.7. The molecule has 1 saturated heterocycles. The lowest BCUT2D eigenvalue weighted by atomic mass is 9.90. The van der Waals surface area contributed by atoms with Crippen molar-refractivity contribution in [3.63, 3.8) is 0 Å². The third-order valence-electron chi connectivity index (χ3n) is 4.33. The number of nitrogens with one attached hydrogen (secondary N) is 1. The monoisotopic (exact) mass is 406 g/mol. The molecule has 8 heteroatoms. The van der Waals surface area contributed by atoms with Gasteiger partial charge in [0, 0.05) is 23.8 Å². The molecule has 2 aromatic rings. The Labute approximate surface area is 168 Å². The van der Waals surface area contributed by atoms with E-state index in [1.165, 1.54) is 0 Å². The van der Waals surface area contributed by atoms with Gasteiger partial charge in [0.05, 0.1) is 37.1 Å². The van der Waals surface area contributed by atoms with Crippen LogP contribution in [0.5, 0.6) is 5.88 Å². The predicted molar refractivity (Wildman–Crippen MR) is 104 cm³/mol. The Morgan fingerprint density at radius 2 is 1.93 bits per heavy atom. The maximum atomic E-state index is 12.7. The van der Waals surface area contributed by atoms with E-state index in [-0.39, 0.29) is 19.1 Å². The van der Waals surface area contributed by atoms with Crippen LogP contribution < -0.4 is 10.1 Å². The highest BCUT2D eigenvalue weighted by Crippen LogP contribution is 2.33. The lowest BCUT2D eigenvalue weighted by Gasteiger charge is -2.36. The molecule has 0 radical (unpaired) electrons. The van der Waals surface area contributed by atoms with Crippen molar-refractivity contribution in [3.05, 3.63) is 53.2 Å². The number of hydrogen-bond acceptors (Lipinski definition) is 6. The first-order valence-electron chi connectivity index (χ1n) is 8.88. The van der Waals surface area contributed by atoms with E-state index in [0.717, 1.165) is 5.56 Å². The molecule has 3 rings (SSSR count). The summed E-state index contributed by atoms with van der Waals surface area (Å²) in [4.78, 5) is 16.9. The highest BCUT2D eigenvalue weighted by Gasteiger charge is 2.40. The number of halogens is 1. The summed E-state index contributed by atoms with van der Waals surface area (Å²) in [5.41, 5.74) is 0.626. The molecule has 1 aliphatic rings. The van der Waals surface area contributed by atoms with Gasteiger partial charge < -0.3 is 24.3 Å². The second-order valence-electron chi connectivity index (χ2n) is 6.75. The van der Waals surface area contributed by atoms with E-state index in [1.807, 2.05) is 12.1 Å². The number of nitrogens with zero attached hydrogens (tertiary/aromatic N) is 1. The zero-order valence-corrected chi connectivity index (χ0v) is 16.6. The number of carbonyl (C=O) groups is 1. The van der Waals surface area contributed by atoms with Crippen molar-refractivity contribution in [2.24, 2.45) is 5.41 Å². The van der Waals surface area contributed by atoms with Crippen LogP contribution in [0.1, 0.15) is 18.8 Å². The third-order valence-corrected chi connectivity index (χ3v) is 4.58. The Morgan fingerprint density at radius 1 is 1.21 bits per heavy atom. The van der Waals surface area contributed by atoms with Crippen LogP contribution in [0.4, 0.5) is 5.69 Å². The van der Waals surface area contributed by atoms with Crippen molar-refractivity contribution in [1.82, 2.24) is 4.98 Å². The average molecular weight is 407 g/mol. The smallest absolute Gasteiger partial charge is 0.235 e. The largest absolute Gasteiger partial charge is 0.475 e. The summed E-state index contributed by atoms with van der Waals surface area (Å²) in [6.45, 7) is 3.16. The van der Waals surface area contributed by atoms with Crippen LogP contribution in [0.2, 0.25) is 5.02 Å². The van der Waals surface area contributed by atoms with Crippen LogP contribution >= 0.6 is 11.6 Å². The van der Waals surface area contributed by atoms with Gasteiger partial charge in [-0.2, -0.15) is 0 Å². The molecule has 1 aromatic heterocycles. The summed E-state index contributed by atoms with van der Waals surface area (Å²) < 4.78 is 21.9. The van der Waals surface area contributed by atoms with E-state index in [9.17, 15) is 4.79 Å². The van der Waals surface area contributed by atoms with Gasteiger partial charge in [0.25, 0.3) is 0 Å². The number of aromatic nitrogens is 1. The lowest BCUT2D eigenvalue weighted by molar-refractivity contribution is -0.226. The molecule has 0 aliphatic carbocycles. The molecule has 1 amide bonds. The summed E-state index contributed by atoms with van der Waals surface area (Å²) in [5, 5.41) is 3.50.